The highest BCUT2D eigenvalue weighted by Gasteiger charge is 2.12. The van der Waals surface area contributed by atoms with Crippen molar-refractivity contribution in [1.82, 2.24) is 0 Å². The van der Waals surface area contributed by atoms with E-state index in [1.165, 1.54) is 30.4 Å². The van der Waals surface area contributed by atoms with E-state index in [0.717, 1.165) is 6.42 Å². The Morgan fingerprint density at radius 3 is 2.83 bits per heavy atom. The van der Waals surface area contributed by atoms with E-state index in [4.69, 9.17) is 11.6 Å². The van der Waals surface area contributed by atoms with Crippen LogP contribution < -0.4 is 0 Å². The maximum Gasteiger partial charge on any atom is 0.00918 e. The Hall–Kier alpha value is -0.410. The molecule has 1 rings (SSSR count). The van der Waals surface area contributed by atoms with Gasteiger partial charge >= 0.3 is 0 Å². The summed E-state index contributed by atoms with van der Waals surface area (Å²) < 4.78 is 0. The normalized spacial score (nSPS) is 24.4. The highest BCUT2D eigenvalue weighted by molar-refractivity contribution is 6.30. The summed E-state index contributed by atoms with van der Waals surface area (Å²) in [5, 5.41) is 2.48. The van der Waals surface area contributed by atoms with Gasteiger partial charge in [-0.2, -0.15) is 0 Å². The third-order valence-electron chi connectivity index (χ3n) is 2.73. The van der Waals surface area contributed by atoms with Gasteiger partial charge < -0.3 is 0 Å². The maximum absolute atomic E-state index is 5.41. The lowest BCUT2D eigenvalue weighted by atomic mass is 9.96. The fraction of sp³-hybridized carbons (Fsp3) is 0.636. The smallest absolute Gasteiger partial charge is 0.00918 e. The molecule has 0 aromatic carbocycles. The lowest BCUT2D eigenvalue weighted by molar-refractivity contribution is 0.583. The molecule has 0 bridgehead atoms. The van der Waals surface area contributed by atoms with Crippen LogP contribution in [0.15, 0.2) is 11.1 Å². The molecule has 66 valence electrons. The minimum Gasteiger partial charge on any atom is -0.0589 e. The molecule has 12 heavy (non-hydrogen) atoms. The molecule has 0 fully saturated rings. The van der Waals surface area contributed by atoms with Crippen molar-refractivity contribution in [2.24, 2.45) is 5.92 Å². The molecule has 0 spiro atoms. The molecule has 1 atom stereocenters. The van der Waals surface area contributed by atoms with Gasteiger partial charge in [-0.25, -0.2) is 0 Å². The Kier molecular flexibility index (Phi) is 3.69. The zero-order chi connectivity index (χ0) is 8.97. The van der Waals surface area contributed by atoms with Crippen molar-refractivity contribution in [1.29, 1.82) is 0 Å². The Balaban J connectivity index is 2.86. The van der Waals surface area contributed by atoms with Crippen LogP contribution in [0.4, 0.5) is 0 Å². The molecule has 1 aliphatic rings. The van der Waals surface area contributed by atoms with Crippen molar-refractivity contribution >= 4 is 11.6 Å². The number of hydrogen-bond donors (Lipinski definition) is 0. The summed E-state index contributed by atoms with van der Waals surface area (Å²) in [5.74, 6) is 3.69. The van der Waals surface area contributed by atoms with Gasteiger partial charge in [-0.05, 0) is 43.7 Å². The van der Waals surface area contributed by atoms with Gasteiger partial charge in [0.1, 0.15) is 0 Å². The molecular weight excluding hydrogens is 168 g/mol. The quantitative estimate of drug-likeness (QED) is 0.501. The molecule has 0 radical (unpaired) electrons. The van der Waals surface area contributed by atoms with Crippen LogP contribution in [0.2, 0.25) is 0 Å². The van der Waals surface area contributed by atoms with Crippen LogP contribution in [0.5, 0.6) is 0 Å². The Bertz CT molecular complexity index is 239. The van der Waals surface area contributed by atoms with Gasteiger partial charge in [0.05, 0.1) is 0 Å². The van der Waals surface area contributed by atoms with E-state index in [2.05, 4.69) is 25.1 Å². The minimum absolute atomic E-state index is 0.694. The van der Waals surface area contributed by atoms with Crippen LogP contribution in [-0.4, -0.2) is 0 Å². The van der Waals surface area contributed by atoms with Crippen LogP contribution in [0.3, 0.4) is 0 Å². The van der Waals surface area contributed by atoms with E-state index in [9.17, 15) is 0 Å². The molecule has 1 unspecified atom stereocenters. The second-order valence-corrected chi connectivity index (χ2v) is 3.72. The van der Waals surface area contributed by atoms with E-state index in [1.807, 2.05) is 0 Å². The maximum atomic E-state index is 5.41. The van der Waals surface area contributed by atoms with Gasteiger partial charge in [0.2, 0.25) is 0 Å². The summed E-state index contributed by atoms with van der Waals surface area (Å²) in [4.78, 5) is 0. The first-order valence-electron chi connectivity index (χ1n) is 4.57. The molecular formula is C11H15Cl. The molecule has 0 aromatic heterocycles. The number of allylic oxidation sites excluding steroid dienone is 2. The lowest BCUT2D eigenvalue weighted by Crippen LogP contribution is -1.95. The SMILES string of the molecule is CC1=C(C#CCl)CCCCC1C. The van der Waals surface area contributed by atoms with Crippen molar-refractivity contribution in [3.8, 4) is 11.3 Å². The minimum atomic E-state index is 0.694. The fourth-order valence-electron chi connectivity index (χ4n) is 1.68. The van der Waals surface area contributed by atoms with Crippen LogP contribution in [0.25, 0.3) is 0 Å². The second-order valence-electron chi connectivity index (χ2n) is 3.53. The second kappa shape index (κ2) is 4.58. The van der Waals surface area contributed by atoms with E-state index in [-0.39, 0.29) is 0 Å². The van der Waals surface area contributed by atoms with Gasteiger partial charge in [0.15, 0.2) is 0 Å². The lowest BCUT2D eigenvalue weighted by Gasteiger charge is -2.09. The van der Waals surface area contributed by atoms with Crippen molar-refractivity contribution in [3.63, 3.8) is 0 Å². The first kappa shape index (κ1) is 9.68. The molecule has 0 heterocycles. The molecule has 0 amide bonds. The Labute approximate surface area is 80.0 Å². The highest BCUT2D eigenvalue weighted by Crippen LogP contribution is 2.27. The van der Waals surface area contributed by atoms with Gasteiger partial charge in [-0.15, -0.1) is 0 Å². The van der Waals surface area contributed by atoms with Gasteiger partial charge in [0, 0.05) is 11.0 Å². The van der Waals surface area contributed by atoms with E-state index < -0.39 is 0 Å². The van der Waals surface area contributed by atoms with E-state index in [0.29, 0.717) is 5.92 Å². The van der Waals surface area contributed by atoms with Gasteiger partial charge in [-0.3, -0.25) is 0 Å². The number of halogens is 1. The third-order valence-corrected chi connectivity index (χ3v) is 2.82. The summed E-state index contributed by atoms with van der Waals surface area (Å²) >= 11 is 5.41. The summed E-state index contributed by atoms with van der Waals surface area (Å²) in [7, 11) is 0. The molecule has 0 saturated heterocycles. The van der Waals surface area contributed by atoms with E-state index in [1.54, 1.807) is 0 Å². The molecule has 1 heteroatoms. The van der Waals surface area contributed by atoms with Crippen molar-refractivity contribution in [2.75, 3.05) is 0 Å². The predicted octanol–water partition coefficient (Wildman–Crippen LogP) is 3.71. The van der Waals surface area contributed by atoms with Crippen molar-refractivity contribution < 1.29 is 0 Å². The van der Waals surface area contributed by atoms with Crippen molar-refractivity contribution in [3.05, 3.63) is 11.1 Å². The summed E-state index contributed by atoms with van der Waals surface area (Å²) in [6, 6.07) is 0. The zero-order valence-corrected chi connectivity index (χ0v) is 8.54. The monoisotopic (exact) mass is 182 g/mol. The molecule has 0 aliphatic heterocycles. The van der Waals surface area contributed by atoms with Crippen LogP contribution >= 0.6 is 11.6 Å². The summed E-state index contributed by atoms with van der Waals surface area (Å²) in [6.07, 6.45) is 5.02. The first-order chi connectivity index (χ1) is 5.75. The number of hydrogen-bond acceptors (Lipinski definition) is 0. The largest absolute Gasteiger partial charge is 0.0589 e. The van der Waals surface area contributed by atoms with E-state index >= 15 is 0 Å². The molecule has 0 nitrogen and oxygen atoms in total. The van der Waals surface area contributed by atoms with Crippen LogP contribution in [0, 0.1) is 17.2 Å². The average molecular weight is 183 g/mol. The third kappa shape index (κ3) is 2.29. The topological polar surface area (TPSA) is 0 Å². The van der Waals surface area contributed by atoms with Crippen molar-refractivity contribution in [2.45, 2.75) is 39.5 Å². The van der Waals surface area contributed by atoms with Gasteiger partial charge in [-0.1, -0.05) is 24.8 Å². The standard InChI is InChI=1S/C11H15Cl/c1-9-5-3-4-6-11(7-8-12)10(9)2/h9H,3-6H2,1-2H3. The summed E-state index contributed by atoms with van der Waals surface area (Å²) in [6.45, 7) is 4.46. The fourth-order valence-corrected chi connectivity index (χ4v) is 1.80. The molecule has 0 saturated carbocycles. The average Bonchev–Trinajstić information content (AvgIpc) is 2.20. The van der Waals surface area contributed by atoms with Crippen LogP contribution in [-0.2, 0) is 0 Å². The molecule has 1 aliphatic carbocycles. The Morgan fingerprint density at radius 2 is 2.17 bits per heavy atom. The predicted molar refractivity (Wildman–Crippen MR) is 54.0 cm³/mol. The molecule has 0 N–H and O–H groups in total. The first-order valence-corrected chi connectivity index (χ1v) is 4.94. The summed E-state index contributed by atoms with van der Waals surface area (Å²) in [5.41, 5.74) is 2.72. The van der Waals surface area contributed by atoms with Gasteiger partial charge in [0.25, 0.3) is 0 Å². The number of rotatable bonds is 0. The molecule has 0 aromatic rings. The zero-order valence-electron chi connectivity index (χ0n) is 7.78. The Morgan fingerprint density at radius 1 is 1.42 bits per heavy atom. The van der Waals surface area contributed by atoms with Crippen LogP contribution in [0.1, 0.15) is 39.5 Å². The highest BCUT2D eigenvalue weighted by atomic mass is 35.5.